The van der Waals surface area contributed by atoms with Crippen molar-refractivity contribution in [2.75, 3.05) is 20.8 Å². The van der Waals surface area contributed by atoms with Crippen LogP contribution in [0.2, 0.25) is 0 Å². The molecule has 6 nitrogen and oxygen atoms in total. The van der Waals surface area contributed by atoms with E-state index in [0.717, 1.165) is 29.7 Å². The van der Waals surface area contributed by atoms with Crippen molar-refractivity contribution < 1.29 is 24.2 Å². The molecule has 0 bridgehead atoms. The van der Waals surface area contributed by atoms with Crippen LogP contribution in [0.15, 0.2) is 35.2 Å². The van der Waals surface area contributed by atoms with Crippen molar-refractivity contribution in [2.24, 2.45) is 0 Å². The summed E-state index contributed by atoms with van der Waals surface area (Å²) in [5, 5.41) is 13.2. The third kappa shape index (κ3) is 3.94. The summed E-state index contributed by atoms with van der Waals surface area (Å²) in [5.41, 5.74) is 1.40. The van der Waals surface area contributed by atoms with Gasteiger partial charge in [-0.25, -0.2) is 0 Å². The normalized spacial score (nSPS) is 18.1. The highest BCUT2D eigenvalue weighted by Crippen LogP contribution is 2.44. The summed E-state index contributed by atoms with van der Waals surface area (Å²) in [6, 6.07) is 6.32. The van der Waals surface area contributed by atoms with Crippen molar-refractivity contribution in [3.8, 4) is 11.5 Å². The maximum atomic E-state index is 13.1. The molecule has 30 heavy (non-hydrogen) atoms. The second kappa shape index (κ2) is 9.34. The minimum absolute atomic E-state index is 0.0913. The molecule has 1 unspecified atom stereocenters. The molecule has 1 fully saturated rings. The van der Waals surface area contributed by atoms with E-state index in [2.05, 4.69) is 6.92 Å². The summed E-state index contributed by atoms with van der Waals surface area (Å²) < 4.78 is 10.7. The fourth-order valence-electron chi connectivity index (χ4n) is 3.72. The molecule has 1 aromatic heterocycles. The van der Waals surface area contributed by atoms with Crippen LogP contribution in [0, 0.1) is 6.92 Å². The lowest BCUT2D eigenvalue weighted by Gasteiger charge is -2.25. The molecule has 1 saturated heterocycles. The highest BCUT2D eigenvalue weighted by Gasteiger charge is 2.47. The molecule has 1 atom stereocenters. The molecule has 0 saturated carbocycles. The predicted octanol–water partition coefficient (Wildman–Crippen LogP) is 4.69. The Morgan fingerprint density at radius 2 is 1.93 bits per heavy atom. The average Bonchev–Trinajstić information content (AvgIpc) is 3.28. The number of benzene rings is 1. The van der Waals surface area contributed by atoms with Crippen LogP contribution < -0.4 is 9.47 Å². The number of likely N-dealkylation sites (tertiary alicyclic amines) is 1. The lowest BCUT2D eigenvalue weighted by atomic mass is 9.97. The number of unbranched alkanes of at least 4 members (excludes halogenated alkanes) is 2. The molecule has 1 aliphatic heterocycles. The van der Waals surface area contributed by atoms with E-state index in [1.807, 2.05) is 18.4 Å². The smallest absolute Gasteiger partial charge is 0.295 e. The highest BCUT2D eigenvalue weighted by atomic mass is 32.1. The number of nitrogens with zero attached hydrogens (tertiary/aromatic N) is 1. The molecular formula is C23H27NO5S. The molecule has 3 rings (SSSR count). The zero-order valence-electron chi connectivity index (χ0n) is 17.7. The molecule has 160 valence electrons. The zero-order chi connectivity index (χ0) is 21.8. The van der Waals surface area contributed by atoms with Crippen molar-refractivity contribution in [3.63, 3.8) is 0 Å². The number of aliphatic hydroxyl groups excluding tert-OH is 1. The Balaban J connectivity index is 2.18. The molecule has 2 aromatic rings. The number of amides is 1. The van der Waals surface area contributed by atoms with Gasteiger partial charge in [0.25, 0.3) is 11.7 Å². The van der Waals surface area contributed by atoms with Crippen LogP contribution in [0.5, 0.6) is 11.5 Å². The van der Waals surface area contributed by atoms with Crippen LogP contribution in [0.4, 0.5) is 0 Å². The molecule has 1 amide bonds. The number of hydrogen-bond donors (Lipinski definition) is 1. The Morgan fingerprint density at radius 3 is 2.53 bits per heavy atom. The van der Waals surface area contributed by atoms with Gasteiger partial charge < -0.3 is 19.5 Å². The van der Waals surface area contributed by atoms with E-state index in [9.17, 15) is 14.7 Å². The van der Waals surface area contributed by atoms with Crippen molar-refractivity contribution in [3.05, 3.63) is 51.2 Å². The monoisotopic (exact) mass is 429 g/mol. The quantitative estimate of drug-likeness (QED) is 0.285. The average molecular weight is 430 g/mol. The molecule has 1 N–H and O–H groups in total. The number of ketones is 1. The Bertz CT molecular complexity index is 978. The second-order valence-electron chi connectivity index (χ2n) is 7.23. The predicted molar refractivity (Wildman–Crippen MR) is 117 cm³/mol. The minimum Gasteiger partial charge on any atom is -0.507 e. The fraction of sp³-hybridized carbons (Fsp3) is 0.391. The number of aliphatic hydroxyl groups is 1. The van der Waals surface area contributed by atoms with E-state index in [0.29, 0.717) is 23.6 Å². The third-order valence-electron chi connectivity index (χ3n) is 5.35. The van der Waals surface area contributed by atoms with E-state index in [1.165, 1.54) is 25.6 Å². The van der Waals surface area contributed by atoms with Gasteiger partial charge in [0.15, 0.2) is 0 Å². The van der Waals surface area contributed by atoms with Gasteiger partial charge in [-0.05, 0) is 48.6 Å². The Morgan fingerprint density at radius 1 is 1.17 bits per heavy atom. The summed E-state index contributed by atoms with van der Waals surface area (Å²) in [6.07, 6.45) is 2.77. The molecule has 1 aliphatic rings. The van der Waals surface area contributed by atoms with Crippen molar-refractivity contribution >= 4 is 28.8 Å². The molecule has 0 radical (unpaired) electrons. The highest BCUT2D eigenvalue weighted by molar-refractivity contribution is 7.10. The number of methoxy groups -OCH3 is 2. The van der Waals surface area contributed by atoms with Crippen LogP contribution in [0.1, 0.15) is 48.2 Å². The fourth-order valence-corrected chi connectivity index (χ4v) is 4.77. The van der Waals surface area contributed by atoms with Gasteiger partial charge in [-0.1, -0.05) is 19.8 Å². The number of carbonyl (C=O) groups excluding carboxylic acids is 2. The summed E-state index contributed by atoms with van der Waals surface area (Å²) in [5.74, 6) is -0.593. The third-order valence-corrected chi connectivity index (χ3v) is 6.43. The van der Waals surface area contributed by atoms with Crippen molar-refractivity contribution in [2.45, 2.75) is 39.2 Å². The summed E-state index contributed by atoms with van der Waals surface area (Å²) in [4.78, 5) is 28.5. The summed E-state index contributed by atoms with van der Waals surface area (Å²) >= 11 is 1.48. The Kier molecular flexibility index (Phi) is 6.82. The van der Waals surface area contributed by atoms with Gasteiger partial charge in [-0.3, -0.25) is 9.59 Å². The number of aryl methyl sites for hydroxylation is 1. The number of hydrogen-bond acceptors (Lipinski definition) is 6. The molecule has 0 aliphatic carbocycles. The summed E-state index contributed by atoms with van der Waals surface area (Å²) in [6.45, 7) is 4.50. The van der Waals surface area contributed by atoms with Gasteiger partial charge >= 0.3 is 0 Å². The van der Waals surface area contributed by atoms with Gasteiger partial charge in [0.05, 0.1) is 31.4 Å². The molecular weight excluding hydrogens is 402 g/mol. The maximum Gasteiger partial charge on any atom is 0.295 e. The van der Waals surface area contributed by atoms with Gasteiger partial charge in [-0.15, -0.1) is 11.3 Å². The van der Waals surface area contributed by atoms with Crippen molar-refractivity contribution in [1.29, 1.82) is 0 Å². The minimum atomic E-state index is -0.674. The van der Waals surface area contributed by atoms with E-state index in [1.54, 1.807) is 23.1 Å². The standard InChI is InChI=1S/C23H27NO5S/c1-5-6-7-11-24-19(22-14(2)10-12-30-22)18(21(26)23(24)27)20(25)16-13-15(28-3)8-9-17(16)29-4/h8-10,12-13,19,25H,5-7,11H2,1-4H3/b20-18+. The topological polar surface area (TPSA) is 76.1 Å². The Hall–Kier alpha value is -2.80. The van der Waals surface area contributed by atoms with Crippen LogP contribution in [0.3, 0.4) is 0 Å². The first-order valence-electron chi connectivity index (χ1n) is 9.99. The van der Waals surface area contributed by atoms with Gasteiger partial charge in [0.1, 0.15) is 17.3 Å². The van der Waals surface area contributed by atoms with E-state index >= 15 is 0 Å². The molecule has 2 heterocycles. The lowest BCUT2D eigenvalue weighted by molar-refractivity contribution is -0.139. The van der Waals surface area contributed by atoms with Crippen molar-refractivity contribution in [1.82, 2.24) is 4.90 Å². The first-order valence-corrected chi connectivity index (χ1v) is 10.9. The Labute approximate surface area is 180 Å². The molecule has 1 aromatic carbocycles. The maximum absolute atomic E-state index is 13.1. The molecule has 7 heteroatoms. The number of ether oxygens (including phenoxy) is 2. The second-order valence-corrected chi connectivity index (χ2v) is 8.18. The number of thiophene rings is 1. The largest absolute Gasteiger partial charge is 0.507 e. The van der Waals surface area contributed by atoms with Crippen LogP contribution in [0.25, 0.3) is 5.76 Å². The van der Waals surface area contributed by atoms with Crippen LogP contribution in [-0.4, -0.2) is 42.5 Å². The SMILES string of the molecule is CCCCCN1C(=O)C(=O)/C(=C(/O)c2cc(OC)ccc2OC)C1c1sccc1C. The molecule has 0 spiro atoms. The van der Waals surface area contributed by atoms with Crippen LogP contribution in [-0.2, 0) is 9.59 Å². The van der Waals surface area contributed by atoms with Crippen LogP contribution >= 0.6 is 11.3 Å². The first-order chi connectivity index (χ1) is 14.4. The number of carbonyl (C=O) groups is 2. The number of rotatable bonds is 8. The number of Topliss-reactive ketones (excluding diaryl/α,β-unsaturated/α-hetero) is 1. The lowest BCUT2D eigenvalue weighted by Crippen LogP contribution is -2.30. The summed E-state index contributed by atoms with van der Waals surface area (Å²) in [7, 11) is 3.01. The van der Waals surface area contributed by atoms with Gasteiger partial charge in [0, 0.05) is 11.4 Å². The zero-order valence-corrected chi connectivity index (χ0v) is 18.5. The van der Waals surface area contributed by atoms with Gasteiger partial charge in [-0.2, -0.15) is 0 Å². The van der Waals surface area contributed by atoms with E-state index in [-0.39, 0.29) is 11.3 Å². The van der Waals surface area contributed by atoms with Gasteiger partial charge in [0.2, 0.25) is 0 Å². The first kappa shape index (κ1) is 21.9. The van der Waals surface area contributed by atoms with E-state index < -0.39 is 17.7 Å². The van der Waals surface area contributed by atoms with E-state index in [4.69, 9.17) is 9.47 Å².